The van der Waals surface area contributed by atoms with Crippen LogP contribution in [-0.4, -0.2) is 34.5 Å². The zero-order valence-corrected chi connectivity index (χ0v) is 13.6. The van der Waals surface area contributed by atoms with Crippen LogP contribution in [0.15, 0.2) is 28.0 Å². The van der Waals surface area contributed by atoms with E-state index in [-0.39, 0.29) is 9.09 Å². The molecule has 2 N–H and O–H groups in total. The SMILES string of the molecule is Cc1nc(-c2ncn[nH]2)sc1C(=O)NS(=O)(=O)c1cccs1. The number of nitrogens with zero attached hydrogens (tertiary/aromatic N) is 3. The summed E-state index contributed by atoms with van der Waals surface area (Å²) in [5.41, 5.74) is 0.426. The number of carbonyl (C=O) groups excluding carboxylic acids is 1. The van der Waals surface area contributed by atoms with Crippen LogP contribution in [0.4, 0.5) is 0 Å². The van der Waals surface area contributed by atoms with E-state index in [4.69, 9.17) is 0 Å². The Morgan fingerprint density at radius 2 is 2.23 bits per heavy atom. The first-order valence-corrected chi connectivity index (χ1v) is 9.09. The zero-order chi connectivity index (χ0) is 15.7. The van der Waals surface area contributed by atoms with Gasteiger partial charge in [0.25, 0.3) is 15.9 Å². The van der Waals surface area contributed by atoms with Gasteiger partial charge in [-0.15, -0.1) is 22.7 Å². The van der Waals surface area contributed by atoms with Crippen LogP contribution in [0.1, 0.15) is 15.4 Å². The second-order valence-corrected chi connectivity index (χ2v) is 7.99. The van der Waals surface area contributed by atoms with Crippen molar-refractivity contribution in [3.8, 4) is 10.8 Å². The van der Waals surface area contributed by atoms with Gasteiger partial charge in [-0.1, -0.05) is 6.07 Å². The van der Waals surface area contributed by atoms with Crippen molar-refractivity contribution in [1.82, 2.24) is 24.9 Å². The van der Waals surface area contributed by atoms with Gasteiger partial charge >= 0.3 is 0 Å². The van der Waals surface area contributed by atoms with Crippen molar-refractivity contribution in [3.05, 3.63) is 34.4 Å². The smallest absolute Gasteiger partial charge is 0.267 e. The average Bonchev–Trinajstić information content (AvgIpc) is 3.20. The molecule has 0 aliphatic heterocycles. The Morgan fingerprint density at radius 3 is 2.86 bits per heavy atom. The van der Waals surface area contributed by atoms with E-state index < -0.39 is 15.9 Å². The van der Waals surface area contributed by atoms with Gasteiger partial charge in [0.2, 0.25) is 0 Å². The van der Waals surface area contributed by atoms with Crippen molar-refractivity contribution < 1.29 is 13.2 Å². The van der Waals surface area contributed by atoms with Gasteiger partial charge in [0, 0.05) is 0 Å². The summed E-state index contributed by atoms with van der Waals surface area (Å²) in [5.74, 6) is -0.289. The highest BCUT2D eigenvalue weighted by molar-refractivity contribution is 7.92. The third-order valence-electron chi connectivity index (χ3n) is 2.61. The summed E-state index contributed by atoms with van der Waals surface area (Å²) in [6.07, 6.45) is 1.33. The number of nitrogens with one attached hydrogen (secondary N) is 2. The van der Waals surface area contributed by atoms with Gasteiger partial charge in [0.05, 0.1) is 5.69 Å². The van der Waals surface area contributed by atoms with Gasteiger partial charge < -0.3 is 0 Å². The molecule has 11 heteroatoms. The van der Waals surface area contributed by atoms with E-state index >= 15 is 0 Å². The highest BCUT2D eigenvalue weighted by Crippen LogP contribution is 2.25. The Hall–Kier alpha value is -2.11. The molecule has 0 unspecified atom stereocenters. The molecule has 3 aromatic rings. The molecular formula is C11H9N5O3S3. The summed E-state index contributed by atoms with van der Waals surface area (Å²) in [5, 5.41) is 8.44. The minimum atomic E-state index is -3.86. The number of sulfonamides is 1. The summed E-state index contributed by atoms with van der Waals surface area (Å²) in [7, 11) is -3.86. The topological polar surface area (TPSA) is 118 Å². The first kappa shape index (κ1) is 14.8. The minimum Gasteiger partial charge on any atom is -0.267 e. The first-order valence-electron chi connectivity index (χ1n) is 5.91. The molecule has 0 saturated heterocycles. The van der Waals surface area contributed by atoms with E-state index in [1.165, 1.54) is 12.4 Å². The number of aryl methyl sites for hydroxylation is 1. The number of thiophene rings is 1. The lowest BCUT2D eigenvalue weighted by atomic mass is 10.4. The van der Waals surface area contributed by atoms with E-state index in [2.05, 4.69) is 20.2 Å². The fraction of sp³-hybridized carbons (Fsp3) is 0.0909. The molecule has 0 radical (unpaired) electrons. The van der Waals surface area contributed by atoms with E-state index in [0.29, 0.717) is 16.5 Å². The molecule has 3 heterocycles. The summed E-state index contributed by atoms with van der Waals surface area (Å²) in [6, 6.07) is 3.03. The van der Waals surface area contributed by atoms with Crippen molar-refractivity contribution in [2.75, 3.05) is 0 Å². The van der Waals surface area contributed by atoms with Crippen molar-refractivity contribution in [2.45, 2.75) is 11.1 Å². The number of H-pyrrole nitrogens is 1. The van der Waals surface area contributed by atoms with Gasteiger partial charge in [0.1, 0.15) is 15.4 Å². The summed E-state index contributed by atoms with van der Waals surface area (Å²) < 4.78 is 26.2. The molecule has 1 amide bonds. The van der Waals surface area contributed by atoms with E-state index in [0.717, 1.165) is 22.7 Å². The molecule has 0 saturated carbocycles. The van der Waals surface area contributed by atoms with Crippen LogP contribution in [0.5, 0.6) is 0 Å². The lowest BCUT2D eigenvalue weighted by molar-refractivity contribution is 0.0984. The molecule has 0 spiro atoms. The molecule has 22 heavy (non-hydrogen) atoms. The quantitative estimate of drug-likeness (QED) is 0.731. The minimum absolute atomic E-state index is 0.0819. The average molecular weight is 355 g/mol. The van der Waals surface area contributed by atoms with Crippen molar-refractivity contribution in [1.29, 1.82) is 0 Å². The summed E-state index contributed by atoms with van der Waals surface area (Å²) in [4.78, 5) is 20.6. The molecule has 0 aliphatic carbocycles. The van der Waals surface area contributed by atoms with Gasteiger partial charge in [-0.05, 0) is 18.4 Å². The lowest BCUT2D eigenvalue weighted by Gasteiger charge is -2.03. The third kappa shape index (κ3) is 2.77. The molecule has 0 bridgehead atoms. The van der Waals surface area contributed by atoms with Crippen LogP contribution in [-0.2, 0) is 10.0 Å². The lowest BCUT2D eigenvalue weighted by Crippen LogP contribution is -2.29. The summed E-state index contributed by atoms with van der Waals surface area (Å²) >= 11 is 2.08. The van der Waals surface area contributed by atoms with Crippen LogP contribution in [0, 0.1) is 6.92 Å². The Kier molecular flexibility index (Phi) is 3.76. The highest BCUT2D eigenvalue weighted by atomic mass is 32.2. The molecule has 3 aromatic heterocycles. The van der Waals surface area contributed by atoms with E-state index in [9.17, 15) is 13.2 Å². The second kappa shape index (κ2) is 5.59. The molecular weight excluding hydrogens is 346 g/mol. The number of aromatic nitrogens is 4. The van der Waals surface area contributed by atoms with E-state index in [1.54, 1.807) is 18.4 Å². The molecule has 0 aromatic carbocycles. The maximum atomic E-state index is 12.2. The number of aromatic amines is 1. The van der Waals surface area contributed by atoms with Gasteiger partial charge in [-0.3, -0.25) is 9.89 Å². The Labute approximate surface area is 133 Å². The number of amides is 1. The van der Waals surface area contributed by atoms with Crippen molar-refractivity contribution >= 4 is 38.6 Å². The Morgan fingerprint density at radius 1 is 1.41 bits per heavy atom. The standard InChI is InChI=1S/C11H9N5O3S3/c1-6-8(21-11(14-6)9-12-5-13-15-9)10(17)16-22(18,19)7-3-2-4-20-7/h2-5H,1H3,(H,16,17)(H,12,13,15). The fourth-order valence-corrected chi connectivity index (χ4v) is 4.58. The number of hydrogen-bond donors (Lipinski definition) is 2. The van der Waals surface area contributed by atoms with Crippen LogP contribution in [0.25, 0.3) is 10.8 Å². The number of hydrogen-bond acceptors (Lipinski definition) is 8. The molecule has 0 atom stereocenters. The number of rotatable bonds is 4. The van der Waals surface area contributed by atoms with E-state index in [1.807, 2.05) is 4.72 Å². The molecule has 114 valence electrons. The molecule has 3 rings (SSSR count). The number of carbonyl (C=O) groups is 1. The second-order valence-electron chi connectivity index (χ2n) is 4.13. The largest absolute Gasteiger partial charge is 0.277 e. The van der Waals surface area contributed by atoms with Crippen LogP contribution in [0.2, 0.25) is 0 Å². The van der Waals surface area contributed by atoms with Gasteiger partial charge in [-0.25, -0.2) is 23.1 Å². The Balaban J connectivity index is 1.87. The fourth-order valence-electron chi connectivity index (χ4n) is 1.65. The Bertz CT molecular complexity index is 897. The highest BCUT2D eigenvalue weighted by Gasteiger charge is 2.23. The van der Waals surface area contributed by atoms with Crippen molar-refractivity contribution in [2.24, 2.45) is 0 Å². The maximum Gasteiger partial charge on any atom is 0.277 e. The molecule has 0 aliphatic rings. The third-order valence-corrected chi connectivity index (χ3v) is 6.50. The maximum absolute atomic E-state index is 12.2. The summed E-state index contributed by atoms with van der Waals surface area (Å²) in [6.45, 7) is 1.63. The van der Waals surface area contributed by atoms with Crippen LogP contribution < -0.4 is 4.72 Å². The zero-order valence-electron chi connectivity index (χ0n) is 11.1. The number of thiazole rings is 1. The molecule has 8 nitrogen and oxygen atoms in total. The first-order chi connectivity index (χ1) is 10.5. The predicted octanol–water partition coefficient (Wildman–Crippen LogP) is 1.42. The molecule has 0 fully saturated rings. The predicted molar refractivity (Wildman–Crippen MR) is 81.2 cm³/mol. The van der Waals surface area contributed by atoms with Crippen LogP contribution >= 0.6 is 22.7 Å². The van der Waals surface area contributed by atoms with Gasteiger partial charge in [0.15, 0.2) is 10.8 Å². The van der Waals surface area contributed by atoms with Crippen LogP contribution in [0.3, 0.4) is 0 Å². The van der Waals surface area contributed by atoms with Gasteiger partial charge in [-0.2, -0.15) is 5.10 Å². The normalized spacial score (nSPS) is 11.5. The van der Waals surface area contributed by atoms with Crippen molar-refractivity contribution in [3.63, 3.8) is 0 Å². The monoisotopic (exact) mass is 355 g/mol.